The molecule has 9 nitrogen and oxygen atoms in total. The molecule has 1 unspecified atom stereocenters. The molecule has 0 aliphatic carbocycles. The summed E-state index contributed by atoms with van der Waals surface area (Å²) in [5, 5.41) is 12.5. The van der Waals surface area contributed by atoms with Crippen LogP contribution in [0.2, 0.25) is 0 Å². The van der Waals surface area contributed by atoms with Gasteiger partial charge in [0.2, 0.25) is 5.88 Å². The van der Waals surface area contributed by atoms with E-state index in [4.69, 9.17) is 24.7 Å². The number of carbonyl (C=O) groups is 2. The third kappa shape index (κ3) is 5.80. The maximum atomic E-state index is 12.7. The Labute approximate surface area is 217 Å². The van der Waals surface area contributed by atoms with E-state index in [9.17, 15) is 14.9 Å². The summed E-state index contributed by atoms with van der Waals surface area (Å²) in [6.07, 6.45) is 0. The van der Waals surface area contributed by atoms with Gasteiger partial charge in [0.1, 0.15) is 17.4 Å². The van der Waals surface area contributed by atoms with Gasteiger partial charge in [0.25, 0.3) is 5.91 Å². The molecular weight excluding hydrogens is 530 g/mol. The first-order valence-corrected chi connectivity index (χ1v) is 11.8. The summed E-state index contributed by atoms with van der Waals surface area (Å²) >= 11 is 3.43. The zero-order chi connectivity index (χ0) is 26.4. The largest absolute Gasteiger partial charge is 0.493 e. The van der Waals surface area contributed by atoms with Gasteiger partial charge >= 0.3 is 5.97 Å². The van der Waals surface area contributed by atoms with E-state index in [1.54, 1.807) is 38.1 Å². The van der Waals surface area contributed by atoms with Crippen LogP contribution in [-0.4, -0.2) is 32.2 Å². The average molecular weight is 556 g/mol. The fraction of sp³-hybridized carbons (Fsp3) is 0.269. The zero-order valence-corrected chi connectivity index (χ0v) is 21.9. The smallest absolute Gasteiger partial charge is 0.338 e. The van der Waals surface area contributed by atoms with Gasteiger partial charge in [0, 0.05) is 10.2 Å². The number of nitrogens with two attached hydrogens (primary N) is 1. The lowest BCUT2D eigenvalue weighted by Crippen LogP contribution is -2.25. The van der Waals surface area contributed by atoms with Crippen LogP contribution in [0.15, 0.2) is 63.7 Å². The number of carbonyl (C=O) groups excluding carboxylic acids is 2. The van der Waals surface area contributed by atoms with Gasteiger partial charge in [0.05, 0.1) is 25.2 Å². The van der Waals surface area contributed by atoms with Crippen LogP contribution in [0.25, 0.3) is 0 Å². The number of ether oxygens (including phenoxy) is 4. The monoisotopic (exact) mass is 555 g/mol. The summed E-state index contributed by atoms with van der Waals surface area (Å²) in [7, 11) is 1.45. The Balaban J connectivity index is 1.85. The molecular formula is C26H26BrN3O6. The minimum Gasteiger partial charge on any atom is -0.493 e. The SMILES string of the molecule is CCOC(=O)C1=C(C)OC(N)=C(C#N)C1c1ccc(OCC(=O)Nc2ccc(Br)c(C)c2)c(OC)c1. The molecule has 3 rings (SSSR count). The summed E-state index contributed by atoms with van der Waals surface area (Å²) in [4.78, 5) is 25.1. The van der Waals surface area contributed by atoms with Crippen molar-refractivity contribution in [1.82, 2.24) is 0 Å². The minimum atomic E-state index is -0.824. The fourth-order valence-electron chi connectivity index (χ4n) is 3.73. The van der Waals surface area contributed by atoms with E-state index in [0.717, 1.165) is 10.0 Å². The number of hydrogen-bond acceptors (Lipinski definition) is 8. The number of anilines is 1. The van der Waals surface area contributed by atoms with Crippen molar-refractivity contribution in [2.45, 2.75) is 26.7 Å². The van der Waals surface area contributed by atoms with Gasteiger partial charge in [-0.25, -0.2) is 4.79 Å². The quantitative estimate of drug-likeness (QED) is 0.457. The molecule has 1 aliphatic rings. The van der Waals surface area contributed by atoms with Crippen LogP contribution in [0.4, 0.5) is 5.69 Å². The molecule has 1 heterocycles. The second-order valence-corrected chi connectivity index (χ2v) is 8.68. The van der Waals surface area contributed by atoms with Crippen molar-refractivity contribution in [2.24, 2.45) is 5.73 Å². The molecule has 2 aromatic carbocycles. The van der Waals surface area contributed by atoms with E-state index >= 15 is 0 Å². The standard InChI is InChI=1S/C26H26BrN3O6/c1-5-34-26(32)23-15(3)36-25(29)18(12-28)24(23)16-6-9-20(21(11-16)33-4)35-13-22(31)30-17-7-8-19(27)14(2)10-17/h6-11,24H,5,13,29H2,1-4H3,(H,30,31). The Morgan fingerprint density at radius 2 is 1.94 bits per heavy atom. The number of esters is 1. The van der Waals surface area contributed by atoms with Gasteiger partial charge in [-0.1, -0.05) is 22.0 Å². The van der Waals surface area contributed by atoms with Crippen LogP contribution in [0.1, 0.15) is 30.9 Å². The second-order valence-electron chi connectivity index (χ2n) is 7.83. The highest BCUT2D eigenvalue weighted by atomic mass is 79.9. The maximum absolute atomic E-state index is 12.7. The first kappa shape index (κ1) is 26.6. The molecule has 1 aliphatic heterocycles. The van der Waals surface area contributed by atoms with E-state index in [0.29, 0.717) is 22.7 Å². The molecule has 0 fully saturated rings. The second kappa shape index (κ2) is 11.6. The lowest BCUT2D eigenvalue weighted by atomic mass is 9.83. The molecule has 0 aromatic heterocycles. The topological polar surface area (TPSA) is 133 Å². The average Bonchev–Trinajstić information content (AvgIpc) is 2.84. The summed E-state index contributed by atoms with van der Waals surface area (Å²) in [5.41, 5.74) is 8.36. The molecule has 10 heteroatoms. The molecule has 1 amide bonds. The van der Waals surface area contributed by atoms with E-state index in [-0.39, 0.29) is 41.9 Å². The van der Waals surface area contributed by atoms with Crippen molar-refractivity contribution < 1.29 is 28.5 Å². The van der Waals surface area contributed by atoms with Crippen LogP contribution >= 0.6 is 15.9 Å². The zero-order valence-electron chi connectivity index (χ0n) is 20.3. The highest BCUT2D eigenvalue weighted by molar-refractivity contribution is 9.10. The lowest BCUT2D eigenvalue weighted by molar-refractivity contribution is -0.139. The number of aryl methyl sites for hydroxylation is 1. The predicted octanol–water partition coefficient (Wildman–Crippen LogP) is 4.43. The van der Waals surface area contributed by atoms with E-state index in [2.05, 4.69) is 21.2 Å². The maximum Gasteiger partial charge on any atom is 0.338 e. The summed E-state index contributed by atoms with van der Waals surface area (Å²) < 4.78 is 22.7. The van der Waals surface area contributed by atoms with Crippen LogP contribution in [-0.2, 0) is 19.1 Å². The first-order chi connectivity index (χ1) is 17.2. The molecule has 36 heavy (non-hydrogen) atoms. The van der Waals surface area contributed by atoms with E-state index < -0.39 is 11.9 Å². The third-order valence-corrected chi connectivity index (χ3v) is 6.31. The van der Waals surface area contributed by atoms with Gasteiger partial charge < -0.3 is 30.0 Å². The molecule has 0 radical (unpaired) electrons. The number of allylic oxidation sites excluding steroid dienone is 2. The number of amides is 1. The molecule has 1 atom stereocenters. The predicted molar refractivity (Wildman–Crippen MR) is 136 cm³/mol. The summed E-state index contributed by atoms with van der Waals surface area (Å²) in [6.45, 7) is 5.09. The number of nitrogens with zero attached hydrogens (tertiary/aromatic N) is 1. The van der Waals surface area contributed by atoms with Crippen LogP contribution in [0.5, 0.6) is 11.5 Å². The van der Waals surface area contributed by atoms with Crippen LogP contribution in [0, 0.1) is 18.3 Å². The van der Waals surface area contributed by atoms with Crippen molar-refractivity contribution in [3.63, 3.8) is 0 Å². The number of halogens is 1. The minimum absolute atomic E-state index is 0.0727. The molecule has 0 bridgehead atoms. The van der Waals surface area contributed by atoms with Crippen molar-refractivity contribution in [3.05, 3.63) is 74.8 Å². The van der Waals surface area contributed by atoms with Gasteiger partial charge in [-0.2, -0.15) is 5.26 Å². The number of nitriles is 1. The number of methoxy groups -OCH3 is 1. The number of benzene rings is 2. The van der Waals surface area contributed by atoms with Crippen molar-refractivity contribution in [2.75, 3.05) is 25.6 Å². The van der Waals surface area contributed by atoms with Crippen molar-refractivity contribution in [1.29, 1.82) is 5.26 Å². The van der Waals surface area contributed by atoms with Gasteiger partial charge in [0.15, 0.2) is 18.1 Å². The van der Waals surface area contributed by atoms with Crippen molar-refractivity contribution in [3.8, 4) is 17.6 Å². The number of nitrogens with one attached hydrogen (secondary N) is 1. The molecule has 0 spiro atoms. The Bertz CT molecular complexity index is 1300. The highest BCUT2D eigenvalue weighted by Gasteiger charge is 2.36. The Morgan fingerprint density at radius 3 is 2.58 bits per heavy atom. The highest BCUT2D eigenvalue weighted by Crippen LogP contribution is 2.42. The van der Waals surface area contributed by atoms with Gasteiger partial charge in [-0.05, 0) is 62.2 Å². The van der Waals surface area contributed by atoms with Gasteiger partial charge in [-0.15, -0.1) is 0 Å². The van der Waals surface area contributed by atoms with Crippen LogP contribution in [0.3, 0.4) is 0 Å². The van der Waals surface area contributed by atoms with Gasteiger partial charge in [-0.3, -0.25) is 4.79 Å². The third-order valence-electron chi connectivity index (χ3n) is 5.42. The Kier molecular flexibility index (Phi) is 8.61. The number of rotatable bonds is 8. The van der Waals surface area contributed by atoms with E-state index in [1.807, 2.05) is 25.1 Å². The first-order valence-electron chi connectivity index (χ1n) is 11.0. The molecule has 188 valence electrons. The summed E-state index contributed by atoms with van der Waals surface area (Å²) in [5.74, 6) is -1.01. The fourth-order valence-corrected chi connectivity index (χ4v) is 3.98. The van der Waals surface area contributed by atoms with Crippen LogP contribution < -0.4 is 20.5 Å². The van der Waals surface area contributed by atoms with Crippen molar-refractivity contribution >= 4 is 33.5 Å². The normalized spacial score (nSPS) is 15.1. The Morgan fingerprint density at radius 1 is 1.19 bits per heavy atom. The molecule has 0 saturated heterocycles. The molecule has 2 aromatic rings. The molecule has 3 N–H and O–H groups in total. The molecule has 0 saturated carbocycles. The summed E-state index contributed by atoms with van der Waals surface area (Å²) in [6, 6.07) is 12.4. The number of hydrogen-bond donors (Lipinski definition) is 2. The van der Waals surface area contributed by atoms with E-state index in [1.165, 1.54) is 7.11 Å². The Hall–Kier alpha value is -3.97. The lowest BCUT2D eigenvalue weighted by Gasteiger charge is -2.27.